The molecule has 0 radical (unpaired) electrons. The van der Waals surface area contributed by atoms with Gasteiger partial charge < -0.3 is 15.0 Å². The largest absolute Gasteiger partial charge is 0.494 e. The predicted molar refractivity (Wildman–Crippen MR) is 97.2 cm³/mol. The summed E-state index contributed by atoms with van der Waals surface area (Å²) in [5.41, 5.74) is 1.28. The Balaban J connectivity index is 1.67. The van der Waals surface area contributed by atoms with Gasteiger partial charge in [0.25, 0.3) is 5.91 Å². The quantitative estimate of drug-likeness (QED) is 0.902. The number of amides is 1. The molecule has 1 N–H and O–H groups in total. The Morgan fingerprint density at radius 3 is 2.64 bits per heavy atom. The van der Waals surface area contributed by atoms with Crippen molar-refractivity contribution in [2.45, 2.75) is 26.7 Å². The summed E-state index contributed by atoms with van der Waals surface area (Å²) in [5.74, 6) is 1.90. The van der Waals surface area contributed by atoms with Gasteiger partial charge in [-0.15, -0.1) is 0 Å². The first-order valence-corrected chi connectivity index (χ1v) is 8.78. The van der Waals surface area contributed by atoms with Crippen molar-refractivity contribution in [3.63, 3.8) is 0 Å². The third-order valence-corrected chi connectivity index (χ3v) is 4.37. The Kier molecular flexibility index (Phi) is 5.48. The molecule has 132 valence electrons. The summed E-state index contributed by atoms with van der Waals surface area (Å²) >= 11 is 0. The van der Waals surface area contributed by atoms with Gasteiger partial charge in [0, 0.05) is 25.0 Å². The van der Waals surface area contributed by atoms with Crippen LogP contribution in [0.2, 0.25) is 0 Å². The van der Waals surface area contributed by atoms with Gasteiger partial charge in [-0.2, -0.15) is 0 Å². The monoisotopic (exact) mass is 340 g/mol. The van der Waals surface area contributed by atoms with Gasteiger partial charge in [-0.25, -0.2) is 9.97 Å². The van der Waals surface area contributed by atoms with Gasteiger partial charge in [0.1, 0.15) is 11.4 Å². The summed E-state index contributed by atoms with van der Waals surface area (Å²) in [6, 6.07) is 9.24. The molecule has 0 spiro atoms. The Labute approximate surface area is 148 Å². The fourth-order valence-electron chi connectivity index (χ4n) is 2.84. The van der Waals surface area contributed by atoms with Crippen molar-refractivity contribution >= 4 is 17.5 Å². The van der Waals surface area contributed by atoms with Gasteiger partial charge in [0.05, 0.1) is 6.61 Å². The topological polar surface area (TPSA) is 67.3 Å². The molecule has 1 aliphatic heterocycles. The Bertz CT molecular complexity index is 710. The third-order valence-electron chi connectivity index (χ3n) is 4.37. The second-order valence-electron chi connectivity index (χ2n) is 6.32. The molecular formula is C19H24N4O2. The number of carbonyl (C=O) groups excluding carboxylic acids is 1. The highest BCUT2D eigenvalue weighted by atomic mass is 16.5. The van der Waals surface area contributed by atoms with E-state index >= 15 is 0 Å². The van der Waals surface area contributed by atoms with Crippen LogP contribution in [-0.4, -0.2) is 40.5 Å². The van der Waals surface area contributed by atoms with Gasteiger partial charge in [-0.1, -0.05) is 6.92 Å². The Morgan fingerprint density at radius 2 is 1.96 bits per heavy atom. The lowest BCUT2D eigenvalue weighted by atomic mass is 9.99. The summed E-state index contributed by atoms with van der Waals surface area (Å²) in [4.78, 5) is 23.1. The van der Waals surface area contributed by atoms with E-state index in [4.69, 9.17) is 4.74 Å². The van der Waals surface area contributed by atoms with Crippen LogP contribution in [0, 0.1) is 5.92 Å². The molecule has 1 fully saturated rings. The maximum Gasteiger partial charge on any atom is 0.272 e. The van der Waals surface area contributed by atoms with Crippen molar-refractivity contribution in [2.24, 2.45) is 5.92 Å². The Hall–Kier alpha value is -2.63. The minimum atomic E-state index is -0.0240. The molecule has 0 saturated carbocycles. The van der Waals surface area contributed by atoms with Crippen LogP contribution in [0.15, 0.2) is 36.5 Å². The van der Waals surface area contributed by atoms with E-state index in [2.05, 4.69) is 22.2 Å². The van der Waals surface area contributed by atoms with Crippen molar-refractivity contribution in [1.29, 1.82) is 0 Å². The average Bonchev–Trinajstić information content (AvgIpc) is 2.64. The lowest BCUT2D eigenvalue weighted by molar-refractivity contribution is 0.0691. The molecule has 1 amide bonds. The van der Waals surface area contributed by atoms with Crippen molar-refractivity contribution in [3.8, 4) is 5.75 Å². The third kappa shape index (κ3) is 4.47. The van der Waals surface area contributed by atoms with Crippen LogP contribution in [0.1, 0.15) is 37.2 Å². The number of piperidine rings is 1. The molecular weight excluding hydrogens is 316 g/mol. The zero-order valence-corrected chi connectivity index (χ0v) is 14.7. The first-order valence-electron chi connectivity index (χ1n) is 8.78. The van der Waals surface area contributed by atoms with Crippen molar-refractivity contribution < 1.29 is 9.53 Å². The number of anilines is 2. The zero-order chi connectivity index (χ0) is 17.6. The molecule has 0 aliphatic carbocycles. The van der Waals surface area contributed by atoms with E-state index in [9.17, 15) is 4.79 Å². The zero-order valence-electron chi connectivity index (χ0n) is 14.7. The fourth-order valence-corrected chi connectivity index (χ4v) is 2.84. The van der Waals surface area contributed by atoms with E-state index in [1.165, 1.54) is 0 Å². The molecule has 1 aliphatic rings. The minimum absolute atomic E-state index is 0.0240. The number of nitrogens with zero attached hydrogens (tertiary/aromatic N) is 3. The van der Waals surface area contributed by atoms with E-state index in [1.807, 2.05) is 36.1 Å². The van der Waals surface area contributed by atoms with Gasteiger partial charge in [-0.05, 0) is 56.0 Å². The van der Waals surface area contributed by atoms with Crippen LogP contribution in [-0.2, 0) is 0 Å². The smallest absolute Gasteiger partial charge is 0.272 e. The van der Waals surface area contributed by atoms with Gasteiger partial charge in [-0.3, -0.25) is 4.79 Å². The van der Waals surface area contributed by atoms with Crippen LogP contribution in [0.3, 0.4) is 0 Å². The molecule has 2 heterocycles. The normalized spacial score (nSPS) is 15.0. The molecule has 2 aromatic rings. The lowest BCUT2D eigenvalue weighted by Crippen LogP contribution is -2.38. The SMILES string of the molecule is CCOc1ccc(Nc2nccc(C(=O)N3CCC(C)CC3)n2)cc1. The maximum absolute atomic E-state index is 12.6. The minimum Gasteiger partial charge on any atom is -0.494 e. The Morgan fingerprint density at radius 1 is 1.24 bits per heavy atom. The summed E-state index contributed by atoms with van der Waals surface area (Å²) in [6.45, 7) is 6.41. The first-order chi connectivity index (χ1) is 12.2. The molecule has 1 saturated heterocycles. The number of aromatic nitrogens is 2. The highest BCUT2D eigenvalue weighted by molar-refractivity contribution is 5.92. The van der Waals surface area contributed by atoms with Crippen molar-refractivity contribution in [3.05, 3.63) is 42.2 Å². The van der Waals surface area contributed by atoms with E-state index < -0.39 is 0 Å². The van der Waals surface area contributed by atoms with Crippen molar-refractivity contribution in [1.82, 2.24) is 14.9 Å². The van der Waals surface area contributed by atoms with E-state index in [1.54, 1.807) is 12.3 Å². The number of carbonyl (C=O) groups is 1. The molecule has 6 nitrogen and oxygen atoms in total. The molecule has 0 atom stereocenters. The number of ether oxygens (including phenoxy) is 1. The molecule has 25 heavy (non-hydrogen) atoms. The summed E-state index contributed by atoms with van der Waals surface area (Å²) < 4.78 is 5.43. The fraction of sp³-hybridized carbons (Fsp3) is 0.421. The number of likely N-dealkylation sites (tertiary alicyclic amines) is 1. The summed E-state index contributed by atoms with van der Waals surface area (Å²) in [7, 11) is 0. The molecule has 6 heteroatoms. The van der Waals surface area contributed by atoms with Crippen LogP contribution in [0.4, 0.5) is 11.6 Å². The molecule has 3 rings (SSSR count). The molecule has 0 unspecified atom stereocenters. The number of benzene rings is 1. The highest BCUT2D eigenvalue weighted by Crippen LogP contribution is 2.20. The van der Waals surface area contributed by atoms with Crippen LogP contribution in [0.5, 0.6) is 5.75 Å². The van der Waals surface area contributed by atoms with Crippen LogP contribution >= 0.6 is 0 Å². The van der Waals surface area contributed by atoms with Gasteiger partial charge >= 0.3 is 0 Å². The number of hydrogen-bond donors (Lipinski definition) is 1. The summed E-state index contributed by atoms with van der Waals surface area (Å²) in [5, 5.41) is 3.13. The number of rotatable bonds is 5. The average molecular weight is 340 g/mol. The number of nitrogens with one attached hydrogen (secondary N) is 1. The van der Waals surface area contributed by atoms with E-state index in [0.29, 0.717) is 24.2 Å². The van der Waals surface area contributed by atoms with E-state index in [0.717, 1.165) is 37.4 Å². The second kappa shape index (κ2) is 7.96. The standard InChI is InChI=1S/C19H24N4O2/c1-3-25-16-6-4-15(5-7-16)21-19-20-11-8-17(22-19)18(24)23-12-9-14(2)10-13-23/h4-8,11,14H,3,9-10,12-13H2,1-2H3,(H,20,21,22). The first kappa shape index (κ1) is 17.2. The van der Waals surface area contributed by atoms with Crippen LogP contribution < -0.4 is 10.1 Å². The second-order valence-corrected chi connectivity index (χ2v) is 6.32. The van der Waals surface area contributed by atoms with E-state index in [-0.39, 0.29) is 5.91 Å². The highest BCUT2D eigenvalue weighted by Gasteiger charge is 2.22. The van der Waals surface area contributed by atoms with Gasteiger partial charge in [0.15, 0.2) is 0 Å². The van der Waals surface area contributed by atoms with Crippen molar-refractivity contribution in [2.75, 3.05) is 25.0 Å². The predicted octanol–water partition coefficient (Wildman–Crippen LogP) is 3.49. The molecule has 1 aromatic heterocycles. The molecule has 0 bridgehead atoms. The summed E-state index contributed by atoms with van der Waals surface area (Å²) in [6.07, 6.45) is 3.71. The molecule has 1 aromatic carbocycles. The lowest BCUT2D eigenvalue weighted by Gasteiger charge is -2.30. The number of hydrogen-bond acceptors (Lipinski definition) is 5. The maximum atomic E-state index is 12.6. The van der Waals surface area contributed by atoms with Crippen LogP contribution in [0.25, 0.3) is 0 Å². The van der Waals surface area contributed by atoms with Gasteiger partial charge in [0.2, 0.25) is 5.95 Å².